The molecule has 1 aromatic heterocycles. The highest BCUT2D eigenvalue weighted by atomic mass is 35.5. The molecule has 84 valence electrons. The zero-order valence-electron chi connectivity index (χ0n) is 8.45. The van der Waals surface area contributed by atoms with Crippen molar-refractivity contribution in [1.29, 1.82) is 0 Å². The normalized spacial score (nSPS) is 12.8. The minimum absolute atomic E-state index is 0.0121. The number of nitrogens with two attached hydrogens (primary N) is 1. The molecule has 0 saturated heterocycles. The van der Waals surface area contributed by atoms with E-state index in [1.54, 1.807) is 6.92 Å². The molecular formula is C10H9ClFN3O. The third-order valence-electron chi connectivity index (χ3n) is 2.02. The first kappa shape index (κ1) is 11.0. The molecule has 0 aliphatic carbocycles. The highest BCUT2D eigenvalue weighted by molar-refractivity contribution is 6.31. The van der Waals surface area contributed by atoms with E-state index in [0.29, 0.717) is 11.4 Å². The molecule has 4 nitrogen and oxygen atoms in total. The maximum atomic E-state index is 12.9. The van der Waals surface area contributed by atoms with E-state index >= 15 is 0 Å². The van der Waals surface area contributed by atoms with Crippen molar-refractivity contribution < 1.29 is 8.91 Å². The first-order chi connectivity index (χ1) is 7.58. The second-order valence-electron chi connectivity index (χ2n) is 3.38. The number of rotatable bonds is 2. The predicted molar refractivity (Wildman–Crippen MR) is 57.3 cm³/mol. The molecule has 2 rings (SSSR count). The van der Waals surface area contributed by atoms with Gasteiger partial charge in [-0.1, -0.05) is 16.8 Å². The van der Waals surface area contributed by atoms with Gasteiger partial charge in [-0.15, -0.1) is 0 Å². The first-order valence-corrected chi connectivity index (χ1v) is 5.00. The Hall–Kier alpha value is -1.46. The van der Waals surface area contributed by atoms with Crippen LogP contribution >= 0.6 is 11.6 Å². The fourth-order valence-corrected chi connectivity index (χ4v) is 1.35. The Morgan fingerprint density at radius 2 is 2.25 bits per heavy atom. The second kappa shape index (κ2) is 4.19. The van der Waals surface area contributed by atoms with Crippen LogP contribution in [-0.2, 0) is 0 Å². The van der Waals surface area contributed by atoms with Gasteiger partial charge in [0.1, 0.15) is 5.82 Å². The van der Waals surface area contributed by atoms with E-state index in [0.717, 1.165) is 0 Å². The van der Waals surface area contributed by atoms with Crippen LogP contribution in [-0.4, -0.2) is 10.1 Å². The van der Waals surface area contributed by atoms with Gasteiger partial charge in [-0.25, -0.2) is 4.39 Å². The van der Waals surface area contributed by atoms with Crippen LogP contribution in [0, 0.1) is 5.82 Å². The molecule has 0 amide bonds. The fraction of sp³-hybridized carbons (Fsp3) is 0.200. The van der Waals surface area contributed by atoms with E-state index in [4.69, 9.17) is 21.9 Å². The number of halogens is 2. The molecule has 16 heavy (non-hydrogen) atoms. The van der Waals surface area contributed by atoms with Crippen molar-refractivity contribution >= 4 is 11.6 Å². The lowest BCUT2D eigenvalue weighted by Crippen LogP contribution is -2.06. The predicted octanol–water partition coefficient (Wildman–Crippen LogP) is 2.55. The highest BCUT2D eigenvalue weighted by Crippen LogP contribution is 2.24. The summed E-state index contributed by atoms with van der Waals surface area (Å²) in [7, 11) is 0. The Labute approximate surface area is 96.2 Å². The molecule has 0 spiro atoms. The van der Waals surface area contributed by atoms with Crippen LogP contribution in [0.5, 0.6) is 0 Å². The van der Waals surface area contributed by atoms with Crippen LogP contribution < -0.4 is 5.73 Å². The van der Waals surface area contributed by atoms with Crippen molar-refractivity contribution in [3.8, 4) is 11.5 Å². The van der Waals surface area contributed by atoms with Gasteiger partial charge < -0.3 is 10.3 Å². The number of nitrogens with zero attached hydrogens (tertiary/aromatic N) is 2. The van der Waals surface area contributed by atoms with Crippen LogP contribution in [0.25, 0.3) is 11.5 Å². The van der Waals surface area contributed by atoms with Crippen LogP contribution in [0.2, 0.25) is 5.02 Å². The van der Waals surface area contributed by atoms with Gasteiger partial charge in [0, 0.05) is 5.56 Å². The first-order valence-electron chi connectivity index (χ1n) is 4.62. The molecule has 0 aliphatic heterocycles. The van der Waals surface area contributed by atoms with Gasteiger partial charge in [0.15, 0.2) is 5.82 Å². The summed E-state index contributed by atoms with van der Waals surface area (Å²) in [5.41, 5.74) is 6.15. The molecular weight excluding hydrogens is 233 g/mol. The average molecular weight is 242 g/mol. The molecule has 2 N–H and O–H groups in total. The number of hydrogen-bond donors (Lipinski definition) is 1. The standard InChI is InChI=1S/C10H9ClFN3O/c1-5(13)9-14-10(16-15-9)6-2-3-8(12)7(11)4-6/h2-5H,13H2,1H3. The van der Waals surface area contributed by atoms with E-state index < -0.39 is 5.82 Å². The van der Waals surface area contributed by atoms with E-state index in [9.17, 15) is 4.39 Å². The molecule has 0 bridgehead atoms. The fourth-order valence-electron chi connectivity index (χ4n) is 1.17. The number of benzene rings is 1. The highest BCUT2D eigenvalue weighted by Gasteiger charge is 2.12. The molecule has 6 heteroatoms. The SMILES string of the molecule is CC(N)c1noc(-c2ccc(F)c(Cl)c2)n1. The molecule has 0 aliphatic rings. The van der Waals surface area contributed by atoms with Crippen molar-refractivity contribution in [3.63, 3.8) is 0 Å². The molecule has 0 fully saturated rings. The van der Waals surface area contributed by atoms with Gasteiger partial charge in [-0.2, -0.15) is 4.98 Å². The molecule has 1 unspecified atom stereocenters. The van der Waals surface area contributed by atoms with Crippen molar-refractivity contribution in [2.24, 2.45) is 5.73 Å². The second-order valence-corrected chi connectivity index (χ2v) is 3.78. The van der Waals surface area contributed by atoms with E-state index in [1.807, 2.05) is 0 Å². The van der Waals surface area contributed by atoms with Gasteiger partial charge in [0.25, 0.3) is 5.89 Å². The minimum atomic E-state index is -0.489. The lowest BCUT2D eigenvalue weighted by Gasteiger charge is -1.96. The number of hydrogen-bond acceptors (Lipinski definition) is 4. The summed E-state index contributed by atoms with van der Waals surface area (Å²) in [4.78, 5) is 4.07. The van der Waals surface area contributed by atoms with Crippen molar-refractivity contribution in [2.75, 3.05) is 0 Å². The molecule has 0 saturated carbocycles. The Kier molecular flexibility index (Phi) is 2.89. The van der Waals surface area contributed by atoms with Crippen molar-refractivity contribution in [1.82, 2.24) is 10.1 Å². The Morgan fingerprint density at radius 3 is 2.81 bits per heavy atom. The zero-order chi connectivity index (χ0) is 11.7. The summed E-state index contributed by atoms with van der Waals surface area (Å²) >= 11 is 5.64. The lowest BCUT2D eigenvalue weighted by molar-refractivity contribution is 0.418. The molecule has 1 heterocycles. The Morgan fingerprint density at radius 1 is 1.50 bits per heavy atom. The van der Waals surface area contributed by atoms with E-state index in [2.05, 4.69) is 10.1 Å². The van der Waals surface area contributed by atoms with Gasteiger partial charge in [0.05, 0.1) is 11.1 Å². The third kappa shape index (κ3) is 2.05. The maximum Gasteiger partial charge on any atom is 0.258 e. The minimum Gasteiger partial charge on any atom is -0.334 e. The van der Waals surface area contributed by atoms with E-state index in [1.165, 1.54) is 18.2 Å². The molecule has 1 atom stereocenters. The smallest absolute Gasteiger partial charge is 0.258 e. The Balaban J connectivity index is 2.39. The summed E-state index contributed by atoms with van der Waals surface area (Å²) in [6.45, 7) is 1.74. The van der Waals surface area contributed by atoms with Crippen LogP contribution in [0.15, 0.2) is 22.7 Å². The van der Waals surface area contributed by atoms with Gasteiger partial charge in [-0.3, -0.25) is 0 Å². The van der Waals surface area contributed by atoms with E-state index in [-0.39, 0.29) is 17.0 Å². The van der Waals surface area contributed by atoms with Crippen LogP contribution in [0.4, 0.5) is 4.39 Å². The molecule has 1 aromatic carbocycles. The van der Waals surface area contributed by atoms with Gasteiger partial charge in [0.2, 0.25) is 0 Å². The van der Waals surface area contributed by atoms with Crippen molar-refractivity contribution in [2.45, 2.75) is 13.0 Å². The molecule has 0 radical (unpaired) electrons. The maximum absolute atomic E-state index is 12.9. The zero-order valence-corrected chi connectivity index (χ0v) is 9.20. The average Bonchev–Trinajstić information content (AvgIpc) is 2.71. The topological polar surface area (TPSA) is 64.9 Å². The number of aromatic nitrogens is 2. The monoisotopic (exact) mass is 241 g/mol. The van der Waals surface area contributed by atoms with Crippen LogP contribution in [0.3, 0.4) is 0 Å². The summed E-state index contributed by atoms with van der Waals surface area (Å²) < 4.78 is 17.9. The molecule has 2 aromatic rings. The Bertz CT molecular complexity index is 513. The third-order valence-corrected chi connectivity index (χ3v) is 2.31. The summed E-state index contributed by atoms with van der Waals surface area (Å²) in [5.74, 6) is 0.182. The summed E-state index contributed by atoms with van der Waals surface area (Å²) in [6, 6.07) is 3.87. The van der Waals surface area contributed by atoms with Gasteiger partial charge in [-0.05, 0) is 25.1 Å². The summed E-state index contributed by atoms with van der Waals surface area (Å²) in [6.07, 6.45) is 0. The largest absolute Gasteiger partial charge is 0.334 e. The summed E-state index contributed by atoms with van der Waals surface area (Å²) in [5, 5.41) is 3.71. The quantitative estimate of drug-likeness (QED) is 0.878. The van der Waals surface area contributed by atoms with Gasteiger partial charge >= 0.3 is 0 Å². The van der Waals surface area contributed by atoms with Crippen molar-refractivity contribution in [3.05, 3.63) is 34.9 Å². The lowest BCUT2D eigenvalue weighted by atomic mass is 10.2. The van der Waals surface area contributed by atoms with Crippen LogP contribution in [0.1, 0.15) is 18.8 Å².